The summed E-state index contributed by atoms with van der Waals surface area (Å²) in [5, 5.41) is 7.21. The second kappa shape index (κ2) is 11.2. The summed E-state index contributed by atoms with van der Waals surface area (Å²) in [5.74, 6) is 0.432. The third kappa shape index (κ3) is 7.18. The summed E-state index contributed by atoms with van der Waals surface area (Å²) in [4.78, 5) is 12.1. The van der Waals surface area contributed by atoms with Crippen LogP contribution < -0.4 is 20.1 Å². The molecule has 1 aliphatic rings. The van der Waals surface area contributed by atoms with Crippen LogP contribution in [0.25, 0.3) is 0 Å². The molecule has 0 saturated heterocycles. The number of carbonyl (C=O) groups is 1. The molecule has 1 atom stereocenters. The van der Waals surface area contributed by atoms with Crippen molar-refractivity contribution in [1.82, 2.24) is 10.6 Å². The van der Waals surface area contributed by atoms with Crippen molar-refractivity contribution in [2.24, 2.45) is 0 Å². The molecular formula is C23H28ClFN2O3. The minimum Gasteiger partial charge on any atom is -0.489 e. The molecule has 1 fully saturated rings. The first kappa shape index (κ1) is 22.4. The first-order valence-electron chi connectivity index (χ1n) is 10.3. The fraction of sp³-hybridized carbons (Fsp3) is 0.435. The molecule has 0 aromatic heterocycles. The molecule has 0 spiro atoms. The Morgan fingerprint density at radius 3 is 2.43 bits per heavy atom. The molecule has 0 radical (unpaired) electrons. The number of hydrogen-bond acceptors (Lipinski definition) is 4. The summed E-state index contributed by atoms with van der Waals surface area (Å²) < 4.78 is 24.7. The zero-order chi connectivity index (χ0) is 21.3. The van der Waals surface area contributed by atoms with Crippen molar-refractivity contribution in [3.8, 4) is 11.5 Å². The number of rotatable bonds is 9. The van der Waals surface area contributed by atoms with Gasteiger partial charge in [-0.15, -0.1) is 0 Å². The minimum absolute atomic E-state index is 0.00969. The number of ether oxygens (including phenoxy) is 2. The van der Waals surface area contributed by atoms with Gasteiger partial charge in [-0.05, 0) is 69.0 Å². The predicted molar refractivity (Wildman–Crippen MR) is 116 cm³/mol. The summed E-state index contributed by atoms with van der Waals surface area (Å²) in [5.41, 5.74) is 0. The van der Waals surface area contributed by atoms with E-state index in [0.29, 0.717) is 23.4 Å². The largest absolute Gasteiger partial charge is 0.489 e. The summed E-state index contributed by atoms with van der Waals surface area (Å²) in [6, 6.07) is 14.0. The van der Waals surface area contributed by atoms with Gasteiger partial charge in [-0.1, -0.05) is 23.7 Å². The maximum atomic E-state index is 13.6. The Hall–Kier alpha value is -2.31. The highest BCUT2D eigenvalue weighted by atomic mass is 35.5. The van der Waals surface area contributed by atoms with E-state index in [1.54, 1.807) is 42.5 Å². The Morgan fingerprint density at radius 1 is 1.07 bits per heavy atom. The van der Waals surface area contributed by atoms with Gasteiger partial charge in [-0.25, -0.2) is 4.39 Å². The average molecular weight is 435 g/mol. The number of carbonyl (C=O) groups excluding carboxylic acids is 1. The van der Waals surface area contributed by atoms with E-state index in [9.17, 15) is 9.18 Å². The van der Waals surface area contributed by atoms with Crippen LogP contribution in [-0.4, -0.2) is 37.2 Å². The Morgan fingerprint density at radius 2 is 1.73 bits per heavy atom. The highest BCUT2D eigenvalue weighted by Crippen LogP contribution is 2.20. The minimum atomic E-state index is -0.346. The van der Waals surface area contributed by atoms with Gasteiger partial charge >= 0.3 is 0 Å². The van der Waals surface area contributed by atoms with Crippen molar-refractivity contribution in [1.29, 1.82) is 0 Å². The molecule has 0 heterocycles. The summed E-state index contributed by atoms with van der Waals surface area (Å²) in [6.45, 7) is 2.42. The van der Waals surface area contributed by atoms with Gasteiger partial charge in [0, 0.05) is 23.1 Å². The number of amides is 1. The predicted octanol–water partition coefficient (Wildman–Crippen LogP) is 4.34. The van der Waals surface area contributed by atoms with Crippen LogP contribution in [-0.2, 0) is 4.79 Å². The first-order chi connectivity index (χ1) is 14.5. The fourth-order valence-corrected chi connectivity index (χ4v) is 3.71. The Kier molecular flexibility index (Phi) is 8.34. The van der Waals surface area contributed by atoms with Crippen LogP contribution in [0.5, 0.6) is 11.5 Å². The molecule has 2 aromatic carbocycles. The second-order valence-electron chi connectivity index (χ2n) is 7.67. The van der Waals surface area contributed by atoms with Crippen molar-refractivity contribution in [2.75, 3.05) is 13.2 Å². The molecule has 1 amide bonds. The molecule has 1 saturated carbocycles. The number of para-hydroxylation sites is 1. The van der Waals surface area contributed by atoms with E-state index in [2.05, 4.69) is 10.6 Å². The van der Waals surface area contributed by atoms with Gasteiger partial charge in [0.2, 0.25) is 0 Å². The number of benzene rings is 2. The summed E-state index contributed by atoms with van der Waals surface area (Å²) >= 11 is 5.84. The number of hydrogen-bond donors (Lipinski definition) is 2. The van der Waals surface area contributed by atoms with Crippen molar-refractivity contribution in [2.45, 2.75) is 50.7 Å². The molecule has 1 unspecified atom stereocenters. The van der Waals surface area contributed by atoms with Gasteiger partial charge in [-0.2, -0.15) is 0 Å². The third-order valence-corrected chi connectivity index (χ3v) is 5.37. The highest BCUT2D eigenvalue weighted by Gasteiger charge is 2.23. The molecule has 3 rings (SSSR count). The van der Waals surface area contributed by atoms with Crippen LogP contribution in [0.1, 0.15) is 32.6 Å². The second-order valence-corrected chi connectivity index (χ2v) is 8.10. The SMILES string of the molecule is CC(COc1ccccc1F)NC1CCC(NC(=O)COc2ccc(Cl)cc2)CC1. The standard InChI is InChI=1S/C23H28ClFN2O3/c1-16(14-30-22-5-3-2-4-21(22)25)26-18-8-10-19(11-9-18)27-23(28)15-29-20-12-6-17(24)7-13-20/h2-7,12-13,16,18-19,26H,8-11,14-15H2,1H3,(H,27,28). The smallest absolute Gasteiger partial charge is 0.258 e. The van der Waals surface area contributed by atoms with Gasteiger partial charge in [0.25, 0.3) is 5.91 Å². The fourth-order valence-electron chi connectivity index (χ4n) is 3.58. The van der Waals surface area contributed by atoms with Crippen LogP contribution in [0.3, 0.4) is 0 Å². The Balaban J connectivity index is 1.31. The molecule has 5 nitrogen and oxygen atoms in total. The zero-order valence-corrected chi connectivity index (χ0v) is 17.8. The highest BCUT2D eigenvalue weighted by molar-refractivity contribution is 6.30. The van der Waals surface area contributed by atoms with Crippen molar-refractivity contribution in [3.05, 3.63) is 59.4 Å². The number of nitrogens with one attached hydrogen (secondary N) is 2. The van der Waals surface area contributed by atoms with Crippen molar-refractivity contribution < 1.29 is 18.7 Å². The third-order valence-electron chi connectivity index (χ3n) is 5.12. The van der Waals surface area contributed by atoms with E-state index in [-0.39, 0.29) is 36.2 Å². The topological polar surface area (TPSA) is 59.6 Å². The van der Waals surface area contributed by atoms with E-state index in [4.69, 9.17) is 21.1 Å². The molecule has 0 aliphatic heterocycles. The molecule has 0 bridgehead atoms. The lowest BCUT2D eigenvalue weighted by Gasteiger charge is -2.31. The quantitative estimate of drug-likeness (QED) is 0.616. The van der Waals surface area contributed by atoms with Gasteiger partial charge < -0.3 is 20.1 Å². The molecule has 30 heavy (non-hydrogen) atoms. The van der Waals surface area contributed by atoms with Gasteiger partial charge in [-0.3, -0.25) is 4.79 Å². The van der Waals surface area contributed by atoms with Crippen LogP contribution in [0.4, 0.5) is 4.39 Å². The zero-order valence-electron chi connectivity index (χ0n) is 17.1. The number of halogens is 2. The molecule has 162 valence electrons. The average Bonchev–Trinajstić information content (AvgIpc) is 2.74. The Labute approximate surface area is 181 Å². The lowest BCUT2D eigenvalue weighted by atomic mass is 9.90. The van der Waals surface area contributed by atoms with Crippen molar-refractivity contribution in [3.63, 3.8) is 0 Å². The summed E-state index contributed by atoms with van der Waals surface area (Å²) in [7, 11) is 0. The lowest BCUT2D eigenvalue weighted by molar-refractivity contribution is -0.124. The lowest BCUT2D eigenvalue weighted by Crippen LogP contribution is -2.46. The maximum absolute atomic E-state index is 13.6. The summed E-state index contributed by atoms with van der Waals surface area (Å²) in [6.07, 6.45) is 3.75. The van der Waals surface area contributed by atoms with Crippen LogP contribution in [0.15, 0.2) is 48.5 Å². The van der Waals surface area contributed by atoms with E-state index >= 15 is 0 Å². The van der Waals surface area contributed by atoms with Gasteiger partial charge in [0.15, 0.2) is 18.2 Å². The Bertz CT molecular complexity index is 810. The van der Waals surface area contributed by atoms with Crippen LogP contribution in [0, 0.1) is 5.82 Å². The van der Waals surface area contributed by atoms with E-state index < -0.39 is 0 Å². The van der Waals surface area contributed by atoms with Crippen LogP contribution >= 0.6 is 11.6 Å². The molecule has 1 aliphatic carbocycles. The van der Waals surface area contributed by atoms with Crippen molar-refractivity contribution >= 4 is 17.5 Å². The molecular weight excluding hydrogens is 407 g/mol. The monoisotopic (exact) mass is 434 g/mol. The van der Waals surface area contributed by atoms with Crippen LogP contribution in [0.2, 0.25) is 5.02 Å². The van der Waals surface area contributed by atoms with E-state index in [0.717, 1.165) is 25.7 Å². The molecule has 2 aromatic rings. The molecule has 7 heteroatoms. The van der Waals surface area contributed by atoms with Gasteiger partial charge in [0.05, 0.1) is 0 Å². The first-order valence-corrected chi connectivity index (χ1v) is 10.7. The maximum Gasteiger partial charge on any atom is 0.258 e. The van der Waals surface area contributed by atoms with E-state index in [1.807, 2.05) is 6.92 Å². The van der Waals surface area contributed by atoms with Gasteiger partial charge in [0.1, 0.15) is 12.4 Å². The molecule has 2 N–H and O–H groups in total. The van der Waals surface area contributed by atoms with E-state index in [1.165, 1.54) is 6.07 Å². The normalized spacial score (nSPS) is 19.7.